The Hall–Kier alpha value is -2.08. The summed E-state index contributed by atoms with van der Waals surface area (Å²) in [5.41, 5.74) is 1.18. The SMILES string of the molecule is CC(C)COC(=O)Nc1cccc(NC(=O)COC2CCCC(C)C2)c1. The quantitative estimate of drug-likeness (QED) is 0.752. The maximum atomic E-state index is 12.1. The van der Waals surface area contributed by atoms with Crippen molar-refractivity contribution in [1.29, 1.82) is 0 Å². The molecule has 2 rings (SSSR count). The first-order valence-electron chi connectivity index (χ1n) is 9.37. The second-order valence-corrected chi connectivity index (χ2v) is 7.45. The summed E-state index contributed by atoms with van der Waals surface area (Å²) < 4.78 is 10.8. The van der Waals surface area contributed by atoms with E-state index in [2.05, 4.69) is 17.6 Å². The number of benzene rings is 1. The van der Waals surface area contributed by atoms with Gasteiger partial charge in [0, 0.05) is 11.4 Å². The number of nitrogens with one attached hydrogen (secondary N) is 2. The lowest BCUT2D eigenvalue weighted by Gasteiger charge is -2.26. The van der Waals surface area contributed by atoms with Gasteiger partial charge in [-0.15, -0.1) is 0 Å². The molecule has 2 unspecified atom stereocenters. The van der Waals surface area contributed by atoms with Crippen LogP contribution in [0.5, 0.6) is 0 Å². The lowest BCUT2D eigenvalue weighted by Crippen LogP contribution is -2.27. The van der Waals surface area contributed by atoms with Gasteiger partial charge in [-0.2, -0.15) is 0 Å². The van der Waals surface area contributed by atoms with Crippen LogP contribution in [0.15, 0.2) is 24.3 Å². The normalized spacial score (nSPS) is 19.8. The maximum absolute atomic E-state index is 12.1. The van der Waals surface area contributed by atoms with Crippen molar-refractivity contribution >= 4 is 23.4 Å². The molecule has 2 amide bonds. The zero-order chi connectivity index (χ0) is 18.9. The lowest BCUT2D eigenvalue weighted by atomic mass is 9.89. The largest absolute Gasteiger partial charge is 0.449 e. The van der Waals surface area contributed by atoms with E-state index in [1.807, 2.05) is 13.8 Å². The van der Waals surface area contributed by atoms with Crippen LogP contribution in [-0.2, 0) is 14.3 Å². The van der Waals surface area contributed by atoms with E-state index < -0.39 is 6.09 Å². The van der Waals surface area contributed by atoms with E-state index >= 15 is 0 Å². The monoisotopic (exact) mass is 362 g/mol. The molecular weight excluding hydrogens is 332 g/mol. The highest BCUT2D eigenvalue weighted by atomic mass is 16.5. The molecule has 1 aliphatic carbocycles. The van der Waals surface area contributed by atoms with Crippen molar-refractivity contribution in [2.45, 2.75) is 52.6 Å². The Morgan fingerprint density at radius 1 is 1.19 bits per heavy atom. The molecule has 6 heteroatoms. The van der Waals surface area contributed by atoms with Crippen molar-refractivity contribution in [3.63, 3.8) is 0 Å². The molecule has 26 heavy (non-hydrogen) atoms. The first-order chi connectivity index (χ1) is 12.4. The van der Waals surface area contributed by atoms with E-state index in [4.69, 9.17) is 9.47 Å². The minimum atomic E-state index is -0.503. The van der Waals surface area contributed by atoms with Crippen LogP contribution >= 0.6 is 0 Å². The highest BCUT2D eigenvalue weighted by Gasteiger charge is 2.20. The van der Waals surface area contributed by atoms with E-state index in [0.29, 0.717) is 23.9 Å². The van der Waals surface area contributed by atoms with Gasteiger partial charge >= 0.3 is 6.09 Å². The zero-order valence-electron chi connectivity index (χ0n) is 15.9. The molecular formula is C20H30N2O4. The summed E-state index contributed by atoms with van der Waals surface area (Å²) in [6.07, 6.45) is 4.12. The van der Waals surface area contributed by atoms with Crippen molar-refractivity contribution < 1.29 is 19.1 Å². The van der Waals surface area contributed by atoms with Crippen molar-refractivity contribution in [2.24, 2.45) is 11.8 Å². The Labute approximate surface area is 155 Å². The number of amides is 2. The third kappa shape index (κ3) is 7.44. The Bertz CT molecular complexity index is 603. The van der Waals surface area contributed by atoms with Crippen LogP contribution in [0.4, 0.5) is 16.2 Å². The van der Waals surface area contributed by atoms with Gasteiger partial charge in [0.15, 0.2) is 0 Å². The first-order valence-corrected chi connectivity index (χ1v) is 9.37. The number of hydrogen-bond donors (Lipinski definition) is 2. The molecule has 0 aromatic heterocycles. The summed E-state index contributed by atoms with van der Waals surface area (Å²) in [7, 11) is 0. The van der Waals surface area contributed by atoms with Crippen molar-refractivity contribution in [1.82, 2.24) is 0 Å². The van der Waals surface area contributed by atoms with Crippen molar-refractivity contribution in [3.05, 3.63) is 24.3 Å². The smallest absolute Gasteiger partial charge is 0.411 e. The van der Waals surface area contributed by atoms with Gasteiger partial charge in [0.25, 0.3) is 0 Å². The van der Waals surface area contributed by atoms with Gasteiger partial charge < -0.3 is 14.8 Å². The topological polar surface area (TPSA) is 76.7 Å². The molecule has 0 aliphatic heterocycles. The highest BCUT2D eigenvalue weighted by molar-refractivity contribution is 5.93. The molecule has 1 saturated carbocycles. The summed E-state index contributed by atoms with van der Waals surface area (Å²) in [4.78, 5) is 23.8. The van der Waals surface area contributed by atoms with Crippen LogP contribution in [-0.4, -0.2) is 31.3 Å². The number of anilines is 2. The average molecular weight is 362 g/mol. The Balaban J connectivity index is 1.78. The number of carbonyl (C=O) groups excluding carboxylic acids is 2. The predicted octanol–water partition coefficient (Wildman–Crippen LogP) is 4.42. The first kappa shape index (κ1) is 20.2. The fourth-order valence-electron chi connectivity index (χ4n) is 2.99. The molecule has 1 aliphatic rings. The van der Waals surface area contributed by atoms with E-state index in [9.17, 15) is 9.59 Å². The Kier molecular flexibility index (Phi) is 7.91. The second-order valence-electron chi connectivity index (χ2n) is 7.45. The van der Waals surface area contributed by atoms with Crippen LogP contribution in [0.2, 0.25) is 0 Å². The predicted molar refractivity (Wildman–Crippen MR) is 102 cm³/mol. The number of carbonyl (C=O) groups is 2. The molecule has 1 aromatic carbocycles. The second kappa shape index (κ2) is 10.2. The van der Waals surface area contributed by atoms with Crippen molar-refractivity contribution in [3.8, 4) is 0 Å². The Morgan fingerprint density at radius 3 is 2.62 bits per heavy atom. The van der Waals surface area contributed by atoms with E-state index in [1.165, 1.54) is 6.42 Å². The number of rotatable bonds is 7. The van der Waals surface area contributed by atoms with Crippen LogP contribution in [0, 0.1) is 11.8 Å². The van der Waals surface area contributed by atoms with Crippen LogP contribution < -0.4 is 10.6 Å². The van der Waals surface area contributed by atoms with Crippen LogP contribution in [0.25, 0.3) is 0 Å². The number of hydrogen-bond acceptors (Lipinski definition) is 4. The molecule has 1 aromatic rings. The molecule has 1 fully saturated rings. The van der Waals surface area contributed by atoms with Gasteiger partial charge in [-0.1, -0.05) is 39.7 Å². The molecule has 144 valence electrons. The maximum Gasteiger partial charge on any atom is 0.411 e. The van der Waals surface area contributed by atoms with Gasteiger partial charge in [-0.25, -0.2) is 4.79 Å². The van der Waals surface area contributed by atoms with E-state index in [-0.39, 0.29) is 24.5 Å². The molecule has 2 atom stereocenters. The summed E-state index contributed by atoms with van der Waals surface area (Å²) in [6.45, 7) is 6.57. The van der Waals surface area contributed by atoms with E-state index in [1.54, 1.807) is 24.3 Å². The minimum Gasteiger partial charge on any atom is -0.449 e. The fourth-order valence-corrected chi connectivity index (χ4v) is 2.99. The summed E-state index contributed by atoms with van der Waals surface area (Å²) in [5.74, 6) is 0.747. The molecule has 6 nitrogen and oxygen atoms in total. The molecule has 0 saturated heterocycles. The standard InChI is InChI=1S/C20H30N2O4/c1-14(2)12-26-20(24)22-17-8-5-7-16(11-17)21-19(23)13-25-18-9-4-6-15(3)10-18/h5,7-8,11,14-15,18H,4,6,9-10,12-13H2,1-3H3,(H,21,23)(H,22,24). The average Bonchev–Trinajstić information content (AvgIpc) is 2.58. The van der Waals surface area contributed by atoms with Gasteiger partial charge in [-0.05, 0) is 42.9 Å². The Morgan fingerprint density at radius 2 is 1.92 bits per heavy atom. The van der Waals surface area contributed by atoms with Crippen LogP contribution in [0.3, 0.4) is 0 Å². The van der Waals surface area contributed by atoms with Gasteiger partial charge in [0.1, 0.15) is 6.61 Å². The minimum absolute atomic E-state index is 0.0471. The van der Waals surface area contributed by atoms with Gasteiger partial charge in [0.05, 0.1) is 12.7 Å². The lowest BCUT2D eigenvalue weighted by molar-refractivity contribution is -0.123. The van der Waals surface area contributed by atoms with Gasteiger partial charge in [0.2, 0.25) is 5.91 Å². The number of ether oxygens (including phenoxy) is 2. The fraction of sp³-hybridized carbons (Fsp3) is 0.600. The third-order valence-electron chi connectivity index (χ3n) is 4.28. The summed E-state index contributed by atoms with van der Waals surface area (Å²) >= 11 is 0. The molecule has 0 bridgehead atoms. The highest BCUT2D eigenvalue weighted by Crippen LogP contribution is 2.25. The van der Waals surface area contributed by atoms with E-state index in [0.717, 1.165) is 19.3 Å². The molecule has 0 heterocycles. The molecule has 0 spiro atoms. The molecule has 0 radical (unpaired) electrons. The molecule has 2 N–H and O–H groups in total. The van der Waals surface area contributed by atoms with Crippen molar-refractivity contribution in [2.75, 3.05) is 23.8 Å². The third-order valence-corrected chi connectivity index (χ3v) is 4.28. The van der Waals surface area contributed by atoms with Crippen LogP contribution in [0.1, 0.15) is 46.5 Å². The zero-order valence-corrected chi connectivity index (χ0v) is 15.9. The van der Waals surface area contributed by atoms with Gasteiger partial charge in [-0.3, -0.25) is 10.1 Å². The summed E-state index contributed by atoms with van der Waals surface area (Å²) in [5, 5.41) is 5.46. The summed E-state index contributed by atoms with van der Waals surface area (Å²) in [6, 6.07) is 6.96.